The number of rotatable bonds is 7. The highest BCUT2D eigenvalue weighted by Gasteiger charge is 2.27. The molecule has 0 aromatic rings. The molecule has 0 saturated carbocycles. The molecule has 0 amide bonds. The average Bonchev–Trinajstić information content (AvgIpc) is 2.43. The van der Waals surface area contributed by atoms with E-state index < -0.39 is 18.0 Å². The van der Waals surface area contributed by atoms with E-state index in [-0.39, 0.29) is 24.0 Å². The smallest absolute Gasteiger partial charge is 0.346 e. The highest BCUT2D eigenvalue weighted by Crippen LogP contribution is 2.26. The molecule has 23 heavy (non-hydrogen) atoms. The first-order chi connectivity index (χ1) is 10.7. The maximum Gasteiger partial charge on any atom is 0.346 e. The second-order valence-corrected chi connectivity index (χ2v) is 5.41. The Morgan fingerprint density at radius 1 is 1.26 bits per heavy atom. The van der Waals surface area contributed by atoms with E-state index in [4.69, 9.17) is 9.47 Å². The Kier molecular flexibility index (Phi) is 9.41. The van der Waals surface area contributed by atoms with Gasteiger partial charge in [0.05, 0.1) is 6.61 Å². The van der Waals surface area contributed by atoms with Gasteiger partial charge in [0.1, 0.15) is 5.57 Å². The molecule has 0 aliphatic heterocycles. The minimum absolute atomic E-state index is 0.0388. The fourth-order valence-electron chi connectivity index (χ4n) is 2.21. The quantitative estimate of drug-likeness (QED) is 0.312. The second-order valence-electron chi connectivity index (χ2n) is 5.41. The first-order valence-electron chi connectivity index (χ1n) is 7.58. The summed E-state index contributed by atoms with van der Waals surface area (Å²) in [7, 11) is 0. The van der Waals surface area contributed by atoms with Crippen molar-refractivity contribution in [3.8, 4) is 11.8 Å². The lowest BCUT2D eigenvalue weighted by atomic mass is 9.84. The summed E-state index contributed by atoms with van der Waals surface area (Å²) in [6.45, 7) is 16.5. The molecule has 0 bridgehead atoms. The van der Waals surface area contributed by atoms with Gasteiger partial charge < -0.3 is 9.47 Å². The normalized spacial score (nSPS) is 13.4. The predicted molar refractivity (Wildman–Crippen MR) is 91.4 cm³/mol. The molecule has 0 aliphatic rings. The van der Waals surface area contributed by atoms with Gasteiger partial charge in [0.25, 0.3) is 0 Å². The topological polar surface area (TPSA) is 52.6 Å². The van der Waals surface area contributed by atoms with Gasteiger partial charge in [0, 0.05) is 12.8 Å². The van der Waals surface area contributed by atoms with Crippen LogP contribution in [0.5, 0.6) is 0 Å². The molecule has 0 spiro atoms. The Bertz CT molecular complexity index is 543. The van der Waals surface area contributed by atoms with Crippen LogP contribution in [-0.4, -0.2) is 24.6 Å². The summed E-state index contributed by atoms with van der Waals surface area (Å²) in [5, 5.41) is 0. The van der Waals surface area contributed by atoms with Gasteiger partial charge in [-0.2, -0.15) is 0 Å². The third kappa shape index (κ3) is 7.51. The summed E-state index contributed by atoms with van der Waals surface area (Å²) in [5.41, 5.74) is 1.04. The minimum atomic E-state index is -0.671. The van der Waals surface area contributed by atoms with E-state index in [2.05, 4.69) is 25.0 Å². The van der Waals surface area contributed by atoms with E-state index in [9.17, 15) is 9.59 Å². The molecule has 2 atom stereocenters. The van der Waals surface area contributed by atoms with Crippen LogP contribution in [0.4, 0.5) is 0 Å². The Morgan fingerprint density at radius 3 is 2.30 bits per heavy atom. The molecule has 4 nitrogen and oxygen atoms in total. The Morgan fingerprint density at radius 2 is 1.87 bits per heavy atom. The number of carbonyl (C=O) groups excluding carboxylic acids is 2. The van der Waals surface area contributed by atoms with E-state index in [0.717, 1.165) is 5.57 Å². The number of hydrogen-bond donors (Lipinski definition) is 0. The lowest BCUT2D eigenvalue weighted by Gasteiger charge is -2.27. The van der Waals surface area contributed by atoms with Gasteiger partial charge in [-0.1, -0.05) is 56.6 Å². The third-order valence-corrected chi connectivity index (χ3v) is 3.13. The van der Waals surface area contributed by atoms with Gasteiger partial charge in [-0.25, -0.2) is 4.79 Å². The average molecular weight is 318 g/mol. The second kappa shape index (κ2) is 10.4. The third-order valence-electron chi connectivity index (χ3n) is 3.13. The van der Waals surface area contributed by atoms with Crippen LogP contribution >= 0.6 is 0 Å². The van der Waals surface area contributed by atoms with E-state index in [0.29, 0.717) is 0 Å². The van der Waals surface area contributed by atoms with Crippen molar-refractivity contribution in [3.63, 3.8) is 0 Å². The molecule has 126 valence electrons. The summed E-state index contributed by atoms with van der Waals surface area (Å²) in [5.74, 6) is 4.57. The Labute approximate surface area is 139 Å². The Hall–Kier alpha value is -2.28. The van der Waals surface area contributed by atoms with Crippen molar-refractivity contribution in [1.29, 1.82) is 0 Å². The highest BCUT2D eigenvalue weighted by atomic mass is 16.5. The maximum atomic E-state index is 11.6. The van der Waals surface area contributed by atoms with Gasteiger partial charge in [-0.3, -0.25) is 4.79 Å². The van der Waals surface area contributed by atoms with Crippen LogP contribution in [-0.2, 0) is 19.1 Å². The van der Waals surface area contributed by atoms with Crippen LogP contribution in [0, 0.1) is 23.7 Å². The molecular weight excluding hydrogens is 292 g/mol. The van der Waals surface area contributed by atoms with Gasteiger partial charge in [-0.05, 0) is 19.8 Å². The van der Waals surface area contributed by atoms with Gasteiger partial charge in [0.15, 0.2) is 6.10 Å². The lowest BCUT2D eigenvalue weighted by molar-refractivity contribution is -0.145. The minimum Gasteiger partial charge on any atom is -0.462 e. The largest absolute Gasteiger partial charge is 0.462 e. The summed E-state index contributed by atoms with van der Waals surface area (Å²) in [6.07, 6.45) is 2.87. The van der Waals surface area contributed by atoms with Gasteiger partial charge in [0.2, 0.25) is 0 Å². The van der Waals surface area contributed by atoms with Crippen molar-refractivity contribution in [2.24, 2.45) is 11.8 Å². The highest BCUT2D eigenvalue weighted by molar-refractivity contribution is 5.92. The number of esters is 2. The summed E-state index contributed by atoms with van der Waals surface area (Å²) >= 11 is 0. The SMILES string of the molecule is C=C/C=C(\C)C(C(C)C)C(C#CC(=C)C(=O)OCC)OC(C)=O. The molecular formula is C19H26O4. The van der Waals surface area contributed by atoms with Crippen LogP contribution in [0.2, 0.25) is 0 Å². The van der Waals surface area contributed by atoms with Crippen LogP contribution in [0.1, 0.15) is 34.6 Å². The van der Waals surface area contributed by atoms with Crippen LogP contribution in [0.3, 0.4) is 0 Å². The standard InChI is InChI=1S/C19H26O4/c1-8-10-14(5)18(13(3)4)17(23-16(7)20)12-11-15(6)19(21)22-9-2/h8,10,13,17-18H,1,6,9H2,2-5,7H3/b14-10+. The molecule has 4 heteroatoms. The van der Waals surface area contributed by atoms with Crippen LogP contribution in [0.25, 0.3) is 0 Å². The molecule has 0 aromatic carbocycles. The van der Waals surface area contributed by atoms with Crippen molar-refractivity contribution in [1.82, 2.24) is 0 Å². The number of ether oxygens (including phenoxy) is 2. The number of hydrogen-bond acceptors (Lipinski definition) is 4. The van der Waals surface area contributed by atoms with E-state index >= 15 is 0 Å². The lowest BCUT2D eigenvalue weighted by Crippen LogP contribution is -2.29. The number of carbonyl (C=O) groups is 2. The Balaban J connectivity index is 5.55. The van der Waals surface area contributed by atoms with Gasteiger partial charge in [-0.15, -0.1) is 0 Å². The molecule has 0 radical (unpaired) electrons. The fourth-order valence-corrected chi connectivity index (χ4v) is 2.21. The molecule has 0 saturated heterocycles. The van der Waals surface area contributed by atoms with Crippen LogP contribution < -0.4 is 0 Å². The first kappa shape index (κ1) is 20.7. The van der Waals surface area contributed by atoms with Crippen molar-refractivity contribution in [3.05, 3.63) is 36.5 Å². The molecule has 0 aliphatic carbocycles. The van der Waals surface area contributed by atoms with Crippen molar-refractivity contribution >= 4 is 11.9 Å². The van der Waals surface area contributed by atoms with Gasteiger partial charge >= 0.3 is 11.9 Å². The van der Waals surface area contributed by atoms with Crippen molar-refractivity contribution in [2.75, 3.05) is 6.61 Å². The molecule has 0 aromatic heterocycles. The maximum absolute atomic E-state index is 11.6. The molecule has 0 rings (SSSR count). The molecule has 2 unspecified atom stereocenters. The zero-order chi connectivity index (χ0) is 18.0. The first-order valence-corrected chi connectivity index (χ1v) is 7.58. The molecule has 0 heterocycles. The van der Waals surface area contributed by atoms with Crippen molar-refractivity contribution in [2.45, 2.75) is 40.7 Å². The zero-order valence-corrected chi connectivity index (χ0v) is 14.6. The fraction of sp³-hybridized carbons (Fsp3) is 0.474. The molecule has 0 N–H and O–H groups in total. The zero-order valence-electron chi connectivity index (χ0n) is 14.6. The van der Waals surface area contributed by atoms with E-state index in [1.807, 2.05) is 26.8 Å². The van der Waals surface area contributed by atoms with E-state index in [1.54, 1.807) is 13.0 Å². The summed E-state index contributed by atoms with van der Waals surface area (Å²) in [6, 6.07) is 0. The van der Waals surface area contributed by atoms with E-state index in [1.165, 1.54) is 6.92 Å². The summed E-state index contributed by atoms with van der Waals surface area (Å²) < 4.78 is 10.2. The molecule has 0 fully saturated rings. The summed E-state index contributed by atoms with van der Waals surface area (Å²) in [4.78, 5) is 23.0. The van der Waals surface area contributed by atoms with Crippen LogP contribution in [0.15, 0.2) is 36.5 Å². The predicted octanol–water partition coefficient (Wildman–Crippen LogP) is 3.45. The number of allylic oxidation sites excluding steroid dienone is 2. The monoisotopic (exact) mass is 318 g/mol. The van der Waals surface area contributed by atoms with Crippen molar-refractivity contribution < 1.29 is 19.1 Å².